The van der Waals surface area contributed by atoms with Crippen LogP contribution in [0.4, 0.5) is 5.69 Å². The predicted molar refractivity (Wildman–Crippen MR) is 158 cm³/mol. The number of imidazole rings is 1. The largest absolute Gasteiger partial charge is 0.373 e. The van der Waals surface area contributed by atoms with E-state index in [1.807, 2.05) is 48.7 Å². The zero-order chi connectivity index (χ0) is 27.1. The maximum absolute atomic E-state index is 10.6. The fraction of sp³-hybridized carbons (Fsp3) is 0.100. The van der Waals surface area contributed by atoms with E-state index < -0.39 is 6.23 Å². The van der Waals surface area contributed by atoms with Crippen molar-refractivity contribution in [3.05, 3.63) is 96.0 Å². The van der Waals surface area contributed by atoms with Gasteiger partial charge >= 0.3 is 0 Å². The van der Waals surface area contributed by atoms with E-state index in [4.69, 9.17) is 4.98 Å². The van der Waals surface area contributed by atoms with Crippen LogP contribution in [0.2, 0.25) is 0 Å². The molecule has 6 aromatic heterocycles. The van der Waals surface area contributed by atoms with Crippen LogP contribution in [0.15, 0.2) is 85.6 Å². The Kier molecular flexibility index (Phi) is 6.03. The maximum Gasteiger partial charge on any atom is 0.159 e. The molecule has 10 heteroatoms. The van der Waals surface area contributed by atoms with Crippen molar-refractivity contribution in [1.82, 2.24) is 35.1 Å². The Labute approximate surface area is 233 Å². The lowest BCUT2D eigenvalue weighted by molar-refractivity contribution is 0.204. The molecular weight excluding hydrogens is 520 g/mol. The lowest BCUT2D eigenvalue weighted by atomic mass is 10.1. The summed E-state index contributed by atoms with van der Waals surface area (Å²) in [6.07, 6.45) is 8.63. The summed E-state index contributed by atoms with van der Waals surface area (Å²) in [5, 5.41) is 22.1. The van der Waals surface area contributed by atoms with Crippen molar-refractivity contribution in [2.24, 2.45) is 0 Å². The number of rotatable bonds is 7. The molecule has 1 aromatic carbocycles. The summed E-state index contributed by atoms with van der Waals surface area (Å²) in [5.74, 6) is 0.639. The van der Waals surface area contributed by atoms with Crippen LogP contribution < -0.4 is 5.32 Å². The zero-order valence-electron chi connectivity index (χ0n) is 21.5. The first kappa shape index (κ1) is 24.1. The average molecular weight is 545 g/mol. The van der Waals surface area contributed by atoms with Crippen molar-refractivity contribution in [3.8, 4) is 33.1 Å². The molecule has 7 rings (SSSR count). The van der Waals surface area contributed by atoms with Gasteiger partial charge in [0, 0.05) is 51.5 Å². The summed E-state index contributed by atoms with van der Waals surface area (Å²) < 4.78 is 0. The molecule has 0 aliphatic carbocycles. The third kappa shape index (κ3) is 4.59. The van der Waals surface area contributed by atoms with Gasteiger partial charge < -0.3 is 15.4 Å². The third-order valence-electron chi connectivity index (χ3n) is 6.72. The fourth-order valence-corrected chi connectivity index (χ4v) is 5.68. The van der Waals surface area contributed by atoms with Crippen molar-refractivity contribution in [3.63, 3.8) is 0 Å². The van der Waals surface area contributed by atoms with Gasteiger partial charge in [-0.2, -0.15) is 5.10 Å². The van der Waals surface area contributed by atoms with Crippen LogP contribution >= 0.6 is 11.3 Å². The second-order valence-electron chi connectivity index (χ2n) is 9.58. The molecule has 0 fully saturated rings. The molecule has 196 valence electrons. The van der Waals surface area contributed by atoms with Crippen molar-refractivity contribution in [2.75, 3.05) is 5.32 Å². The molecular formula is C30H24N8OS. The summed E-state index contributed by atoms with van der Waals surface area (Å²) in [6, 6.07) is 18.0. The summed E-state index contributed by atoms with van der Waals surface area (Å²) in [5.41, 5.74) is 7.52. The smallest absolute Gasteiger partial charge is 0.159 e. The molecule has 0 spiro atoms. The van der Waals surface area contributed by atoms with Gasteiger partial charge in [-0.25, -0.2) is 9.97 Å². The number of H-pyrrole nitrogens is 2. The van der Waals surface area contributed by atoms with E-state index in [0.29, 0.717) is 23.6 Å². The van der Waals surface area contributed by atoms with Crippen molar-refractivity contribution in [2.45, 2.75) is 19.6 Å². The first-order valence-electron chi connectivity index (χ1n) is 12.8. The van der Waals surface area contributed by atoms with E-state index in [0.717, 1.165) is 49.2 Å². The second-order valence-corrected chi connectivity index (χ2v) is 10.9. The highest BCUT2D eigenvalue weighted by molar-refractivity contribution is 7.15. The number of benzene rings is 1. The number of hydrogen-bond acceptors (Lipinski definition) is 8. The van der Waals surface area contributed by atoms with Gasteiger partial charge in [-0.1, -0.05) is 30.3 Å². The summed E-state index contributed by atoms with van der Waals surface area (Å²) in [4.78, 5) is 24.1. The molecule has 0 aliphatic rings. The van der Waals surface area contributed by atoms with Crippen molar-refractivity contribution < 1.29 is 5.11 Å². The number of pyridine rings is 3. The van der Waals surface area contributed by atoms with E-state index >= 15 is 0 Å². The third-order valence-corrected chi connectivity index (χ3v) is 7.75. The van der Waals surface area contributed by atoms with Crippen LogP contribution in [0.1, 0.15) is 10.4 Å². The van der Waals surface area contributed by atoms with Gasteiger partial charge in [-0.15, -0.1) is 11.3 Å². The number of aliphatic hydroxyl groups is 1. The van der Waals surface area contributed by atoms with Gasteiger partial charge in [0.25, 0.3) is 0 Å². The Morgan fingerprint density at radius 1 is 0.950 bits per heavy atom. The second kappa shape index (κ2) is 9.99. The molecule has 0 radical (unpaired) electrons. The van der Waals surface area contributed by atoms with Crippen molar-refractivity contribution >= 4 is 39.1 Å². The molecule has 1 unspecified atom stereocenters. The average Bonchev–Trinajstić information content (AvgIpc) is 3.71. The van der Waals surface area contributed by atoms with E-state index in [9.17, 15) is 5.11 Å². The number of aromatic amines is 2. The van der Waals surface area contributed by atoms with Gasteiger partial charge in [0.15, 0.2) is 11.5 Å². The molecule has 40 heavy (non-hydrogen) atoms. The lowest BCUT2D eigenvalue weighted by Gasteiger charge is -2.14. The fourth-order valence-electron chi connectivity index (χ4n) is 4.80. The highest BCUT2D eigenvalue weighted by Crippen LogP contribution is 2.34. The number of thiophene rings is 1. The van der Waals surface area contributed by atoms with E-state index in [1.54, 1.807) is 36.1 Å². The van der Waals surface area contributed by atoms with E-state index in [1.165, 1.54) is 4.88 Å². The van der Waals surface area contributed by atoms with E-state index in [2.05, 4.69) is 54.5 Å². The molecule has 7 aromatic rings. The quantitative estimate of drug-likeness (QED) is 0.182. The predicted octanol–water partition coefficient (Wildman–Crippen LogP) is 5.97. The van der Waals surface area contributed by atoms with Crippen LogP contribution in [0.3, 0.4) is 0 Å². The molecule has 0 saturated carbocycles. The van der Waals surface area contributed by atoms with Crippen LogP contribution in [-0.4, -0.2) is 46.5 Å². The summed E-state index contributed by atoms with van der Waals surface area (Å²) in [6.45, 7) is 2.09. The number of aliphatic hydroxyl groups excluding tert-OH is 1. The Morgan fingerprint density at radius 3 is 2.65 bits per heavy atom. The van der Waals surface area contributed by atoms with Gasteiger partial charge in [0.2, 0.25) is 0 Å². The van der Waals surface area contributed by atoms with Crippen LogP contribution in [0.5, 0.6) is 0 Å². The molecule has 9 nitrogen and oxygen atoms in total. The lowest BCUT2D eigenvalue weighted by Crippen LogP contribution is -2.21. The number of aromatic nitrogens is 7. The Balaban J connectivity index is 1.21. The van der Waals surface area contributed by atoms with Gasteiger partial charge in [-0.3, -0.25) is 15.1 Å². The molecule has 6 heterocycles. The Hall–Kier alpha value is -4.93. The maximum atomic E-state index is 10.6. The standard InChI is InChI=1S/C30H24N8OS/c1-17-7-8-25(40-17)23-15-32-16-24-27(23)36-30(35-24)28-22-11-20(13-33-29(22)38-37-28)19-10-21(14-31-12-19)34-26(39)9-18-5-3-2-4-6-18/h2-8,10-16,26,34,39H,9H2,1H3,(H,35,36)(H,33,37,38). The minimum absolute atomic E-state index is 0.484. The SMILES string of the molecule is Cc1ccc(-c2cncc3[nH]c(-c4n[nH]c5ncc(-c6cncc(NC(O)Cc7ccccc7)c6)cc45)nc23)s1. The number of aryl methyl sites for hydroxylation is 1. The topological polar surface area (TPSA) is 128 Å². The van der Waals surface area contributed by atoms with Gasteiger partial charge in [0.05, 0.1) is 29.0 Å². The minimum Gasteiger partial charge on any atom is -0.373 e. The number of anilines is 1. The van der Waals surface area contributed by atoms with Crippen LogP contribution in [0.25, 0.3) is 55.2 Å². The monoisotopic (exact) mass is 544 g/mol. The Bertz CT molecular complexity index is 1960. The minimum atomic E-state index is -0.744. The number of nitrogens with one attached hydrogen (secondary N) is 3. The number of hydrogen-bond donors (Lipinski definition) is 4. The highest BCUT2D eigenvalue weighted by atomic mass is 32.1. The first-order chi connectivity index (χ1) is 19.6. The molecule has 0 aliphatic heterocycles. The van der Waals surface area contributed by atoms with Gasteiger partial charge in [-0.05, 0) is 36.8 Å². The normalized spacial score (nSPS) is 12.2. The summed E-state index contributed by atoms with van der Waals surface area (Å²) >= 11 is 1.72. The van der Waals surface area contributed by atoms with Crippen LogP contribution in [-0.2, 0) is 6.42 Å². The van der Waals surface area contributed by atoms with E-state index in [-0.39, 0.29) is 0 Å². The summed E-state index contributed by atoms with van der Waals surface area (Å²) in [7, 11) is 0. The molecule has 0 bridgehead atoms. The van der Waals surface area contributed by atoms with Crippen molar-refractivity contribution in [1.29, 1.82) is 0 Å². The van der Waals surface area contributed by atoms with Crippen LogP contribution in [0, 0.1) is 6.92 Å². The number of fused-ring (bicyclic) bond motifs is 2. The molecule has 0 amide bonds. The molecule has 1 atom stereocenters. The first-order valence-corrected chi connectivity index (χ1v) is 13.6. The molecule has 0 saturated heterocycles. The molecule has 4 N–H and O–H groups in total. The highest BCUT2D eigenvalue weighted by Gasteiger charge is 2.17. The van der Waals surface area contributed by atoms with Gasteiger partial charge in [0.1, 0.15) is 17.4 Å². The Morgan fingerprint density at radius 2 is 1.80 bits per heavy atom. The number of nitrogens with zero attached hydrogens (tertiary/aromatic N) is 5. The zero-order valence-corrected chi connectivity index (χ0v) is 22.3.